The third kappa shape index (κ3) is 4.36. The van der Waals surface area contributed by atoms with Gasteiger partial charge in [-0.05, 0) is 61.0 Å². The Morgan fingerprint density at radius 2 is 1.85 bits per heavy atom. The number of hydrogen-bond donors (Lipinski definition) is 4. The Balaban J connectivity index is 1.65. The number of fused-ring (bicyclic) bond motifs is 1. The van der Waals surface area contributed by atoms with E-state index in [9.17, 15) is 23.6 Å². The normalized spacial score (nSPS) is 11.9. The zero-order chi connectivity index (χ0) is 24.6. The molecule has 0 aliphatic rings. The molecule has 0 saturated carbocycles. The Hall–Kier alpha value is -3.80. The van der Waals surface area contributed by atoms with E-state index in [1.807, 2.05) is 0 Å². The van der Waals surface area contributed by atoms with Gasteiger partial charge in [0.05, 0.1) is 20.9 Å². The minimum atomic E-state index is -1.20. The number of amides is 2. The Bertz CT molecular complexity index is 1540. The summed E-state index contributed by atoms with van der Waals surface area (Å²) < 4.78 is 15.2. The number of nitrogens with one attached hydrogen (secondary N) is 3. The fraction of sp³-hybridized carbons (Fsp3) is 0.0909. The van der Waals surface area contributed by atoms with Crippen LogP contribution in [0.1, 0.15) is 26.8 Å². The molecule has 34 heavy (non-hydrogen) atoms. The summed E-state index contributed by atoms with van der Waals surface area (Å²) in [5.41, 5.74) is 0.826. The lowest BCUT2D eigenvalue weighted by molar-refractivity contribution is -0.131. The lowest BCUT2D eigenvalue weighted by Crippen LogP contribution is -2.38. The number of hydroxylamine groups is 1. The van der Waals surface area contributed by atoms with Gasteiger partial charge < -0.3 is 10.3 Å². The fourth-order valence-electron chi connectivity index (χ4n) is 3.37. The number of hydrogen-bond acceptors (Lipinski definition) is 6. The first-order chi connectivity index (χ1) is 16.2. The Morgan fingerprint density at radius 1 is 1.15 bits per heavy atom. The summed E-state index contributed by atoms with van der Waals surface area (Å²) in [4.78, 5) is 53.1. The number of H-pyrrole nitrogens is 1. The molecule has 1 atom stereocenters. The summed E-state index contributed by atoms with van der Waals surface area (Å²) in [5, 5.41) is 11.5. The molecule has 12 heteroatoms. The number of nitrogens with zero attached hydrogens (tertiary/aromatic N) is 1. The summed E-state index contributed by atoms with van der Waals surface area (Å²) in [6, 6.07) is 9.77. The third-order valence-electron chi connectivity index (χ3n) is 5.09. The topological polar surface area (TPSA) is 133 Å². The highest BCUT2D eigenvalue weighted by Crippen LogP contribution is 2.27. The maximum Gasteiger partial charge on any atom is 0.333 e. The molecule has 0 saturated heterocycles. The quantitative estimate of drug-likeness (QED) is 0.246. The molecule has 0 aliphatic heterocycles. The van der Waals surface area contributed by atoms with Gasteiger partial charge in [-0.1, -0.05) is 11.6 Å². The summed E-state index contributed by atoms with van der Waals surface area (Å²) in [6.45, 7) is 1.52. The van der Waals surface area contributed by atoms with E-state index >= 15 is 0 Å². The van der Waals surface area contributed by atoms with Crippen molar-refractivity contribution < 1.29 is 19.2 Å². The summed E-state index contributed by atoms with van der Waals surface area (Å²) in [6.07, 6.45) is 0. The zero-order valence-corrected chi connectivity index (χ0v) is 19.0. The van der Waals surface area contributed by atoms with Gasteiger partial charge in [0.15, 0.2) is 0 Å². The average molecular weight is 503 g/mol. The predicted octanol–water partition coefficient (Wildman–Crippen LogP) is 2.82. The van der Waals surface area contributed by atoms with Crippen LogP contribution < -0.4 is 22.0 Å². The molecule has 0 spiro atoms. The molecular weight excluding hydrogens is 487 g/mol. The number of carbonyl (C=O) groups is 2. The molecule has 2 aromatic heterocycles. The van der Waals surface area contributed by atoms with Crippen molar-refractivity contribution in [2.45, 2.75) is 13.0 Å². The molecule has 9 nitrogen and oxygen atoms in total. The van der Waals surface area contributed by atoms with Crippen molar-refractivity contribution in [3.63, 3.8) is 0 Å². The van der Waals surface area contributed by atoms with E-state index in [4.69, 9.17) is 16.8 Å². The molecule has 4 rings (SSSR count). The minimum Gasteiger partial charge on any atom is -0.336 e. The van der Waals surface area contributed by atoms with Crippen molar-refractivity contribution in [3.8, 4) is 5.69 Å². The minimum absolute atomic E-state index is 0.00279. The van der Waals surface area contributed by atoms with E-state index in [1.54, 1.807) is 12.1 Å². The second-order valence-electron chi connectivity index (χ2n) is 7.29. The van der Waals surface area contributed by atoms with Crippen LogP contribution in [0.25, 0.3) is 16.6 Å². The maximum atomic E-state index is 14.0. The highest BCUT2D eigenvalue weighted by atomic mass is 35.5. The fourth-order valence-corrected chi connectivity index (χ4v) is 4.48. The molecule has 4 aromatic rings. The van der Waals surface area contributed by atoms with E-state index < -0.39 is 34.9 Å². The summed E-state index contributed by atoms with van der Waals surface area (Å²) >= 11 is 6.95. The van der Waals surface area contributed by atoms with Crippen molar-refractivity contribution in [1.29, 1.82) is 0 Å². The van der Waals surface area contributed by atoms with Crippen LogP contribution in [0, 0.1) is 12.7 Å². The van der Waals surface area contributed by atoms with Gasteiger partial charge in [0.1, 0.15) is 11.9 Å². The molecule has 2 heterocycles. The molecule has 1 unspecified atom stereocenters. The lowest BCUT2D eigenvalue weighted by atomic mass is 10.1. The van der Waals surface area contributed by atoms with Gasteiger partial charge in [-0.3, -0.25) is 19.6 Å². The van der Waals surface area contributed by atoms with E-state index in [1.165, 1.54) is 42.7 Å². The van der Waals surface area contributed by atoms with Gasteiger partial charge in [-0.25, -0.2) is 19.2 Å². The monoisotopic (exact) mass is 502 g/mol. The Kier molecular flexibility index (Phi) is 6.33. The van der Waals surface area contributed by atoms with Gasteiger partial charge in [0.25, 0.3) is 17.4 Å². The summed E-state index contributed by atoms with van der Waals surface area (Å²) in [5.74, 6) is -2.09. The van der Waals surface area contributed by atoms with Gasteiger partial charge in [0.2, 0.25) is 0 Å². The second kappa shape index (κ2) is 9.21. The number of rotatable bonds is 5. The molecule has 0 fully saturated rings. The van der Waals surface area contributed by atoms with Crippen molar-refractivity contribution in [3.05, 3.63) is 95.5 Å². The highest BCUT2D eigenvalue weighted by molar-refractivity contribution is 7.16. The number of aryl methyl sites for hydroxylation is 1. The number of carbonyl (C=O) groups excluding carboxylic acids is 2. The smallest absolute Gasteiger partial charge is 0.333 e. The number of aromatic amines is 1. The molecule has 2 aromatic carbocycles. The first-order valence-corrected chi connectivity index (χ1v) is 10.9. The van der Waals surface area contributed by atoms with Crippen molar-refractivity contribution in [2.24, 2.45) is 0 Å². The molecule has 0 bridgehead atoms. The van der Waals surface area contributed by atoms with Gasteiger partial charge in [-0.2, -0.15) is 0 Å². The van der Waals surface area contributed by atoms with Crippen LogP contribution in [0.2, 0.25) is 4.34 Å². The molecule has 0 radical (unpaired) electrons. The number of aromatic nitrogens is 2. The van der Waals surface area contributed by atoms with Crippen LogP contribution in [0.5, 0.6) is 0 Å². The van der Waals surface area contributed by atoms with Crippen LogP contribution in [0.4, 0.5) is 4.39 Å². The van der Waals surface area contributed by atoms with Crippen LogP contribution in [-0.4, -0.2) is 26.6 Å². The Labute approximate surface area is 199 Å². The maximum absolute atomic E-state index is 14.0. The van der Waals surface area contributed by atoms with E-state index in [0.717, 1.165) is 22.0 Å². The van der Waals surface area contributed by atoms with Crippen LogP contribution in [0.15, 0.2) is 58.1 Å². The number of thiophene rings is 1. The predicted molar refractivity (Wildman–Crippen MR) is 124 cm³/mol. The van der Waals surface area contributed by atoms with Crippen molar-refractivity contribution in [2.75, 3.05) is 0 Å². The SMILES string of the molecule is Cc1cc2[nH]c(=O)n(-c3ccc(C(=O)NC(C(=O)NO)c4ccc(Cl)s4)cc3)c(=O)c2cc1F. The third-order valence-corrected chi connectivity index (χ3v) is 6.39. The number of halogens is 2. The van der Waals surface area contributed by atoms with E-state index in [2.05, 4.69) is 10.3 Å². The zero-order valence-electron chi connectivity index (χ0n) is 17.4. The highest BCUT2D eigenvalue weighted by Gasteiger charge is 2.25. The molecule has 174 valence electrons. The molecule has 2 amide bonds. The average Bonchev–Trinajstić information content (AvgIpc) is 3.24. The van der Waals surface area contributed by atoms with Gasteiger partial charge in [-0.15, -0.1) is 11.3 Å². The first kappa shape index (κ1) is 23.4. The standard InChI is InChI=1S/C22H16ClFN4O5S/c1-10-8-15-13(9-14(10)24)21(31)28(22(32)25-15)12-4-2-11(3-5-12)19(29)26-18(20(30)27-33)16-6-7-17(23)34-16/h2-9,18,33H,1H3,(H,25,32)(H,26,29)(H,27,30). The van der Waals surface area contributed by atoms with E-state index in [0.29, 0.717) is 9.21 Å². The van der Waals surface area contributed by atoms with Gasteiger partial charge in [0, 0.05) is 10.4 Å². The second-order valence-corrected chi connectivity index (χ2v) is 9.04. The van der Waals surface area contributed by atoms with Crippen LogP contribution in [0.3, 0.4) is 0 Å². The molecule has 4 N–H and O–H groups in total. The molecule has 0 aliphatic carbocycles. The number of benzene rings is 2. The first-order valence-electron chi connectivity index (χ1n) is 9.75. The summed E-state index contributed by atoms with van der Waals surface area (Å²) in [7, 11) is 0. The van der Waals surface area contributed by atoms with Crippen LogP contribution in [-0.2, 0) is 4.79 Å². The van der Waals surface area contributed by atoms with Crippen LogP contribution >= 0.6 is 22.9 Å². The molecular formula is C22H16ClFN4O5S. The Morgan fingerprint density at radius 3 is 2.47 bits per heavy atom. The van der Waals surface area contributed by atoms with E-state index in [-0.39, 0.29) is 27.7 Å². The van der Waals surface area contributed by atoms with Gasteiger partial charge >= 0.3 is 5.69 Å². The largest absolute Gasteiger partial charge is 0.336 e. The lowest BCUT2D eigenvalue weighted by Gasteiger charge is -2.15. The van der Waals surface area contributed by atoms with Crippen molar-refractivity contribution in [1.82, 2.24) is 20.3 Å². The van der Waals surface area contributed by atoms with Crippen molar-refractivity contribution >= 4 is 45.7 Å².